The summed E-state index contributed by atoms with van der Waals surface area (Å²) in [6, 6.07) is 9.29. The van der Waals surface area contributed by atoms with Gasteiger partial charge in [0.25, 0.3) is 0 Å². The Bertz CT molecular complexity index is 1210. The van der Waals surface area contributed by atoms with Crippen LogP contribution in [0.25, 0.3) is 16.7 Å². The minimum Gasteiger partial charge on any atom is -0.493 e. The monoisotopic (exact) mass is 436 g/mol. The standard InChI is InChI=1S/C22H24N6O4/c1-23-22-27-15-12-24-19(26-13-6-7-20(31-4)25-11-13)10-16(15)28(22)14-8-17(29-2)21(32-5)18(9-14)30-3/h6-12H,1-5H3,(H,23,27)(H,24,26). The number of ether oxygens (including phenoxy) is 4. The molecule has 32 heavy (non-hydrogen) atoms. The number of fused-ring (bicyclic) bond motifs is 1. The van der Waals surface area contributed by atoms with Crippen LogP contribution in [0.5, 0.6) is 23.1 Å². The Balaban J connectivity index is 1.82. The van der Waals surface area contributed by atoms with Gasteiger partial charge in [-0.05, 0) is 6.07 Å². The van der Waals surface area contributed by atoms with Crippen molar-refractivity contribution in [3.05, 3.63) is 42.7 Å². The number of pyridine rings is 2. The topological polar surface area (TPSA) is 105 Å². The second-order valence-electron chi connectivity index (χ2n) is 6.68. The van der Waals surface area contributed by atoms with Gasteiger partial charge in [0, 0.05) is 31.3 Å². The summed E-state index contributed by atoms with van der Waals surface area (Å²) in [5.41, 5.74) is 3.13. The van der Waals surface area contributed by atoms with Gasteiger partial charge in [-0.3, -0.25) is 4.57 Å². The van der Waals surface area contributed by atoms with E-state index in [2.05, 4.69) is 25.6 Å². The largest absolute Gasteiger partial charge is 0.493 e. The van der Waals surface area contributed by atoms with Crippen LogP contribution in [0, 0.1) is 0 Å². The molecule has 0 amide bonds. The number of benzene rings is 1. The van der Waals surface area contributed by atoms with E-state index in [9.17, 15) is 0 Å². The van der Waals surface area contributed by atoms with E-state index in [4.69, 9.17) is 18.9 Å². The van der Waals surface area contributed by atoms with Crippen molar-refractivity contribution in [3.8, 4) is 28.8 Å². The van der Waals surface area contributed by atoms with Crippen LogP contribution in [0.2, 0.25) is 0 Å². The Morgan fingerprint density at radius 3 is 2.16 bits per heavy atom. The summed E-state index contributed by atoms with van der Waals surface area (Å²) >= 11 is 0. The molecule has 0 atom stereocenters. The summed E-state index contributed by atoms with van der Waals surface area (Å²) in [5, 5.41) is 6.39. The summed E-state index contributed by atoms with van der Waals surface area (Å²) < 4.78 is 23.6. The van der Waals surface area contributed by atoms with E-state index < -0.39 is 0 Å². The van der Waals surface area contributed by atoms with Crippen molar-refractivity contribution < 1.29 is 18.9 Å². The van der Waals surface area contributed by atoms with E-state index in [1.807, 2.05) is 35.9 Å². The molecule has 4 aromatic rings. The van der Waals surface area contributed by atoms with Crippen LogP contribution in [0.15, 0.2) is 42.7 Å². The zero-order valence-electron chi connectivity index (χ0n) is 18.5. The number of hydrogen-bond donors (Lipinski definition) is 2. The first-order valence-electron chi connectivity index (χ1n) is 9.75. The molecule has 0 radical (unpaired) electrons. The smallest absolute Gasteiger partial charge is 0.213 e. The molecule has 0 saturated heterocycles. The first-order valence-corrected chi connectivity index (χ1v) is 9.75. The molecule has 3 aromatic heterocycles. The number of hydrogen-bond acceptors (Lipinski definition) is 9. The lowest BCUT2D eigenvalue weighted by Crippen LogP contribution is -2.04. The maximum Gasteiger partial charge on any atom is 0.213 e. The van der Waals surface area contributed by atoms with Crippen molar-refractivity contribution in [2.45, 2.75) is 0 Å². The third-order valence-electron chi connectivity index (χ3n) is 4.89. The van der Waals surface area contributed by atoms with Gasteiger partial charge in [-0.1, -0.05) is 0 Å². The van der Waals surface area contributed by atoms with E-state index in [1.165, 1.54) is 0 Å². The molecule has 166 valence electrons. The van der Waals surface area contributed by atoms with Crippen molar-refractivity contribution >= 4 is 28.5 Å². The molecular formula is C22H24N6O4. The molecule has 0 aliphatic heterocycles. The minimum atomic E-state index is 0.519. The summed E-state index contributed by atoms with van der Waals surface area (Å²) in [5.74, 6) is 3.42. The third-order valence-corrected chi connectivity index (χ3v) is 4.89. The zero-order chi connectivity index (χ0) is 22.7. The highest BCUT2D eigenvalue weighted by atomic mass is 16.5. The highest BCUT2D eigenvalue weighted by Gasteiger charge is 2.18. The van der Waals surface area contributed by atoms with Crippen LogP contribution in [-0.4, -0.2) is 55.0 Å². The molecule has 10 nitrogen and oxygen atoms in total. The lowest BCUT2D eigenvalue weighted by molar-refractivity contribution is 0.324. The lowest BCUT2D eigenvalue weighted by Gasteiger charge is -2.16. The molecule has 0 fully saturated rings. The molecular weight excluding hydrogens is 412 g/mol. The Kier molecular flexibility index (Phi) is 5.84. The van der Waals surface area contributed by atoms with Gasteiger partial charge in [0.15, 0.2) is 11.5 Å². The Morgan fingerprint density at radius 2 is 1.59 bits per heavy atom. The molecule has 0 aliphatic carbocycles. The molecule has 0 aliphatic rings. The molecule has 2 N–H and O–H groups in total. The van der Waals surface area contributed by atoms with Crippen LogP contribution in [0.3, 0.4) is 0 Å². The van der Waals surface area contributed by atoms with Gasteiger partial charge in [0.2, 0.25) is 17.6 Å². The summed E-state index contributed by atoms with van der Waals surface area (Å²) in [7, 11) is 8.13. The van der Waals surface area contributed by atoms with E-state index in [-0.39, 0.29) is 0 Å². The Hall–Kier alpha value is -4.21. The second kappa shape index (κ2) is 8.88. The van der Waals surface area contributed by atoms with Crippen LogP contribution in [0.4, 0.5) is 17.5 Å². The van der Waals surface area contributed by atoms with Gasteiger partial charge in [-0.25, -0.2) is 15.0 Å². The van der Waals surface area contributed by atoms with Crippen molar-refractivity contribution in [3.63, 3.8) is 0 Å². The first-order chi connectivity index (χ1) is 15.6. The molecule has 1 aromatic carbocycles. The average Bonchev–Trinajstić information content (AvgIpc) is 3.21. The van der Waals surface area contributed by atoms with Crippen LogP contribution in [0.1, 0.15) is 0 Å². The average molecular weight is 436 g/mol. The van der Waals surface area contributed by atoms with Crippen molar-refractivity contribution in [2.75, 3.05) is 46.1 Å². The maximum absolute atomic E-state index is 5.52. The van der Waals surface area contributed by atoms with E-state index in [1.54, 1.807) is 46.9 Å². The Labute approximate surface area is 185 Å². The zero-order valence-corrected chi connectivity index (χ0v) is 18.5. The number of imidazole rings is 1. The predicted octanol–water partition coefficient (Wildman–Crippen LogP) is 3.64. The summed E-state index contributed by atoms with van der Waals surface area (Å²) in [4.78, 5) is 13.3. The quantitative estimate of drug-likeness (QED) is 0.428. The number of nitrogens with zero attached hydrogens (tertiary/aromatic N) is 4. The fourth-order valence-electron chi connectivity index (χ4n) is 3.40. The number of methoxy groups -OCH3 is 4. The predicted molar refractivity (Wildman–Crippen MR) is 122 cm³/mol. The SMILES string of the molecule is CNc1nc2cnc(Nc3ccc(OC)nc3)cc2n1-c1cc(OC)c(OC)c(OC)c1. The van der Waals surface area contributed by atoms with Gasteiger partial charge in [0.1, 0.15) is 11.3 Å². The molecule has 0 bridgehead atoms. The summed E-state index contributed by atoms with van der Waals surface area (Å²) in [6.45, 7) is 0. The van der Waals surface area contributed by atoms with E-state index >= 15 is 0 Å². The molecule has 3 heterocycles. The molecule has 0 saturated carbocycles. The van der Waals surface area contributed by atoms with Gasteiger partial charge in [0.05, 0.1) is 57.7 Å². The first kappa shape index (κ1) is 21.0. The molecule has 0 spiro atoms. The fraction of sp³-hybridized carbons (Fsp3) is 0.227. The van der Waals surface area contributed by atoms with Crippen LogP contribution >= 0.6 is 0 Å². The minimum absolute atomic E-state index is 0.519. The number of aromatic nitrogens is 4. The van der Waals surface area contributed by atoms with Crippen molar-refractivity contribution in [1.29, 1.82) is 0 Å². The maximum atomic E-state index is 5.52. The normalized spacial score (nSPS) is 10.7. The molecule has 0 unspecified atom stereocenters. The van der Waals surface area contributed by atoms with E-state index in [0.717, 1.165) is 22.4 Å². The van der Waals surface area contributed by atoms with E-state index in [0.29, 0.717) is 34.9 Å². The number of anilines is 3. The van der Waals surface area contributed by atoms with Gasteiger partial charge < -0.3 is 29.6 Å². The summed E-state index contributed by atoms with van der Waals surface area (Å²) in [6.07, 6.45) is 3.39. The Morgan fingerprint density at radius 1 is 0.844 bits per heavy atom. The van der Waals surface area contributed by atoms with Crippen LogP contribution in [-0.2, 0) is 0 Å². The highest BCUT2D eigenvalue weighted by molar-refractivity contribution is 5.84. The van der Waals surface area contributed by atoms with Crippen molar-refractivity contribution in [1.82, 2.24) is 19.5 Å². The highest BCUT2D eigenvalue weighted by Crippen LogP contribution is 2.40. The van der Waals surface area contributed by atoms with Gasteiger partial charge in [-0.2, -0.15) is 0 Å². The van der Waals surface area contributed by atoms with Crippen LogP contribution < -0.4 is 29.6 Å². The molecule has 4 rings (SSSR count). The number of nitrogens with one attached hydrogen (secondary N) is 2. The third kappa shape index (κ3) is 3.78. The van der Waals surface area contributed by atoms with Gasteiger partial charge >= 0.3 is 0 Å². The lowest BCUT2D eigenvalue weighted by atomic mass is 10.2. The fourth-order valence-corrected chi connectivity index (χ4v) is 3.40. The number of rotatable bonds is 8. The second-order valence-corrected chi connectivity index (χ2v) is 6.68. The van der Waals surface area contributed by atoms with Gasteiger partial charge in [-0.15, -0.1) is 0 Å². The van der Waals surface area contributed by atoms with Crippen molar-refractivity contribution in [2.24, 2.45) is 0 Å². The molecule has 10 heteroatoms.